The fourth-order valence-electron chi connectivity index (χ4n) is 1.90. The standard InChI is InChI=1S/C16H21/c1-6-14(7-2)15-10-8-13(9-11-15)12-16(3,4)5/h8-11,14H,6,12H2,1,3-5H3. The largest absolute Gasteiger partial charge is 0.0809 e. The zero-order valence-electron chi connectivity index (χ0n) is 10.8. The first-order valence-corrected chi connectivity index (χ1v) is 5.97. The number of rotatable bonds is 3. The fourth-order valence-corrected chi connectivity index (χ4v) is 1.90. The molecule has 0 spiro atoms. The molecule has 0 aliphatic carbocycles. The minimum Gasteiger partial charge on any atom is -0.0809 e. The summed E-state index contributed by atoms with van der Waals surface area (Å²) in [4.78, 5) is 0. The summed E-state index contributed by atoms with van der Waals surface area (Å²) in [5.74, 6) is 2.74. The quantitative estimate of drug-likeness (QED) is 0.654. The van der Waals surface area contributed by atoms with Crippen LogP contribution in [0, 0.1) is 17.8 Å². The van der Waals surface area contributed by atoms with Crippen molar-refractivity contribution in [3.8, 4) is 5.92 Å². The normalized spacial score (nSPS) is 13.2. The third-order valence-corrected chi connectivity index (χ3v) is 2.70. The van der Waals surface area contributed by atoms with Crippen LogP contribution in [0.15, 0.2) is 24.3 Å². The molecule has 1 atom stereocenters. The predicted octanol–water partition coefficient (Wildman–Crippen LogP) is 4.36. The summed E-state index contributed by atoms with van der Waals surface area (Å²) < 4.78 is 0. The van der Waals surface area contributed by atoms with E-state index in [1.54, 1.807) is 0 Å². The molecule has 0 saturated carbocycles. The summed E-state index contributed by atoms with van der Waals surface area (Å²) in [6, 6.07) is 8.63. The van der Waals surface area contributed by atoms with Gasteiger partial charge in [0, 0.05) is 5.92 Å². The lowest BCUT2D eigenvalue weighted by molar-refractivity contribution is 0.411. The van der Waals surface area contributed by atoms with Crippen molar-refractivity contribution in [2.45, 2.75) is 46.5 Å². The first kappa shape index (κ1) is 12.8. The second-order valence-corrected chi connectivity index (χ2v) is 5.58. The molecule has 1 radical (unpaired) electrons. The van der Waals surface area contributed by atoms with Crippen molar-refractivity contribution in [1.82, 2.24) is 0 Å². The summed E-state index contributed by atoms with van der Waals surface area (Å²) in [5.41, 5.74) is 2.91. The summed E-state index contributed by atoms with van der Waals surface area (Å²) in [6.45, 7) is 8.85. The Hall–Kier alpha value is -1.22. The Labute approximate surface area is 100 Å². The molecule has 0 aliphatic rings. The maximum atomic E-state index is 7.25. The van der Waals surface area contributed by atoms with E-state index in [0.717, 1.165) is 12.8 Å². The maximum Gasteiger partial charge on any atom is 0.0459 e. The molecule has 0 bridgehead atoms. The van der Waals surface area contributed by atoms with Gasteiger partial charge in [-0.15, -0.1) is 0 Å². The zero-order valence-corrected chi connectivity index (χ0v) is 10.8. The molecule has 0 saturated heterocycles. The van der Waals surface area contributed by atoms with Crippen LogP contribution in [0.4, 0.5) is 0 Å². The van der Waals surface area contributed by atoms with E-state index >= 15 is 0 Å². The molecule has 1 aromatic rings. The second kappa shape index (κ2) is 5.21. The van der Waals surface area contributed by atoms with Gasteiger partial charge in [-0.25, -0.2) is 0 Å². The van der Waals surface area contributed by atoms with Gasteiger partial charge in [0.05, 0.1) is 0 Å². The zero-order chi connectivity index (χ0) is 12.2. The van der Waals surface area contributed by atoms with Crippen LogP contribution in [0.5, 0.6) is 0 Å². The van der Waals surface area contributed by atoms with Crippen molar-refractivity contribution in [3.05, 3.63) is 41.8 Å². The van der Waals surface area contributed by atoms with E-state index < -0.39 is 0 Å². The predicted molar refractivity (Wildman–Crippen MR) is 69.8 cm³/mol. The third-order valence-electron chi connectivity index (χ3n) is 2.70. The molecule has 85 valence electrons. The Bertz CT molecular complexity index is 357. The van der Waals surface area contributed by atoms with Crippen LogP contribution in [-0.2, 0) is 6.42 Å². The number of benzene rings is 1. The summed E-state index contributed by atoms with van der Waals surface area (Å²) >= 11 is 0. The van der Waals surface area contributed by atoms with Crippen molar-refractivity contribution < 1.29 is 0 Å². The van der Waals surface area contributed by atoms with Gasteiger partial charge in [0.25, 0.3) is 0 Å². The van der Waals surface area contributed by atoms with E-state index in [4.69, 9.17) is 6.42 Å². The highest BCUT2D eigenvalue weighted by Crippen LogP contribution is 2.23. The van der Waals surface area contributed by atoms with E-state index in [1.807, 2.05) is 0 Å². The third kappa shape index (κ3) is 3.74. The van der Waals surface area contributed by atoms with Crippen molar-refractivity contribution in [1.29, 1.82) is 0 Å². The van der Waals surface area contributed by atoms with Gasteiger partial charge in [-0.3, -0.25) is 0 Å². The molecule has 0 aliphatic heterocycles. The minimum atomic E-state index is 0.156. The van der Waals surface area contributed by atoms with Crippen molar-refractivity contribution >= 4 is 0 Å². The van der Waals surface area contributed by atoms with Crippen LogP contribution in [-0.4, -0.2) is 0 Å². The minimum absolute atomic E-state index is 0.156. The van der Waals surface area contributed by atoms with E-state index in [0.29, 0.717) is 5.41 Å². The topological polar surface area (TPSA) is 0 Å². The Morgan fingerprint density at radius 3 is 2.12 bits per heavy atom. The average molecular weight is 213 g/mol. The highest BCUT2D eigenvalue weighted by Gasteiger charge is 2.11. The van der Waals surface area contributed by atoms with Gasteiger partial charge in [-0.2, -0.15) is 0 Å². The van der Waals surface area contributed by atoms with Crippen LogP contribution >= 0.6 is 0 Å². The van der Waals surface area contributed by atoms with Crippen molar-refractivity contribution in [2.24, 2.45) is 5.41 Å². The van der Waals surface area contributed by atoms with E-state index in [9.17, 15) is 0 Å². The lowest BCUT2D eigenvalue weighted by Crippen LogP contribution is -2.09. The van der Waals surface area contributed by atoms with Gasteiger partial charge in [-0.1, -0.05) is 57.9 Å². The Balaban J connectivity index is 2.80. The molecule has 0 fully saturated rings. The van der Waals surface area contributed by atoms with Crippen LogP contribution < -0.4 is 0 Å². The lowest BCUT2D eigenvalue weighted by Gasteiger charge is -2.18. The summed E-state index contributed by atoms with van der Waals surface area (Å²) in [7, 11) is 0. The molecular formula is C16H21. The molecule has 1 unspecified atom stereocenters. The first-order chi connectivity index (χ1) is 7.46. The average Bonchev–Trinajstić information content (AvgIpc) is 2.20. The fraction of sp³-hybridized carbons (Fsp3) is 0.500. The Morgan fingerprint density at radius 2 is 1.75 bits per heavy atom. The number of hydrogen-bond donors (Lipinski definition) is 0. The van der Waals surface area contributed by atoms with Crippen LogP contribution in [0.3, 0.4) is 0 Å². The molecule has 16 heavy (non-hydrogen) atoms. The van der Waals surface area contributed by atoms with Crippen molar-refractivity contribution in [2.75, 3.05) is 0 Å². The van der Waals surface area contributed by atoms with Crippen molar-refractivity contribution in [3.63, 3.8) is 0 Å². The van der Waals surface area contributed by atoms with Crippen LogP contribution in [0.25, 0.3) is 0 Å². The Kier molecular flexibility index (Phi) is 4.19. The van der Waals surface area contributed by atoms with Gasteiger partial charge in [0.15, 0.2) is 0 Å². The summed E-state index contributed by atoms with van der Waals surface area (Å²) in [5, 5.41) is 0. The lowest BCUT2D eigenvalue weighted by atomic mass is 9.87. The molecule has 1 aromatic carbocycles. The molecule has 0 N–H and O–H groups in total. The van der Waals surface area contributed by atoms with Crippen LogP contribution in [0.1, 0.15) is 51.2 Å². The highest BCUT2D eigenvalue weighted by atomic mass is 14.2. The van der Waals surface area contributed by atoms with Gasteiger partial charge in [0.1, 0.15) is 0 Å². The second-order valence-electron chi connectivity index (χ2n) is 5.58. The molecule has 0 nitrogen and oxygen atoms in total. The first-order valence-electron chi connectivity index (χ1n) is 5.97. The smallest absolute Gasteiger partial charge is 0.0459 e. The summed E-state index contributed by atoms with van der Waals surface area (Å²) in [6.07, 6.45) is 9.29. The molecule has 0 heterocycles. The molecule has 0 amide bonds. The monoisotopic (exact) mass is 213 g/mol. The van der Waals surface area contributed by atoms with E-state index in [-0.39, 0.29) is 5.92 Å². The molecule has 0 heteroatoms. The molecular weight excluding hydrogens is 192 g/mol. The van der Waals surface area contributed by atoms with Gasteiger partial charge < -0.3 is 0 Å². The van der Waals surface area contributed by atoms with Gasteiger partial charge in [0.2, 0.25) is 0 Å². The van der Waals surface area contributed by atoms with E-state index in [1.165, 1.54) is 11.1 Å². The highest BCUT2D eigenvalue weighted by molar-refractivity contribution is 5.29. The maximum absolute atomic E-state index is 7.25. The SMILES string of the molecule is [C]#CC(CC)c1ccc(CC(C)(C)C)cc1. The Morgan fingerprint density at radius 1 is 1.19 bits per heavy atom. The van der Waals surface area contributed by atoms with Gasteiger partial charge in [-0.05, 0) is 35.8 Å². The molecule has 1 rings (SSSR count). The number of hydrogen-bond acceptors (Lipinski definition) is 0. The van der Waals surface area contributed by atoms with E-state index in [2.05, 4.69) is 57.9 Å². The van der Waals surface area contributed by atoms with Gasteiger partial charge >= 0.3 is 0 Å². The van der Waals surface area contributed by atoms with Crippen LogP contribution in [0.2, 0.25) is 0 Å². The molecule has 0 aromatic heterocycles.